The minimum atomic E-state index is -0.278. The molecule has 2 aromatic rings. The number of carbonyl (C=O) groups is 2. The van der Waals surface area contributed by atoms with E-state index in [0.29, 0.717) is 41.0 Å². The van der Waals surface area contributed by atoms with E-state index in [0.717, 1.165) is 37.1 Å². The maximum Gasteiger partial charge on any atom is 0.255 e. The van der Waals surface area contributed by atoms with E-state index in [9.17, 15) is 9.59 Å². The molecule has 0 bridgehead atoms. The summed E-state index contributed by atoms with van der Waals surface area (Å²) >= 11 is 12.4. The van der Waals surface area contributed by atoms with Crippen LogP contribution in [0.5, 0.6) is 0 Å². The molecule has 2 aliphatic rings. The Morgan fingerprint density at radius 3 is 2.67 bits per heavy atom. The molecule has 2 aliphatic heterocycles. The van der Waals surface area contributed by atoms with Crippen molar-refractivity contribution in [2.45, 2.75) is 45.4 Å². The molecular formula is C25H29Cl2N3O3. The fourth-order valence-corrected chi connectivity index (χ4v) is 4.99. The first-order valence-corrected chi connectivity index (χ1v) is 12.1. The van der Waals surface area contributed by atoms with Gasteiger partial charge in [-0.1, -0.05) is 29.3 Å². The van der Waals surface area contributed by atoms with Crippen molar-refractivity contribution >= 4 is 40.7 Å². The number of hydrogen-bond acceptors (Lipinski definition) is 4. The van der Waals surface area contributed by atoms with E-state index in [1.54, 1.807) is 30.3 Å². The summed E-state index contributed by atoms with van der Waals surface area (Å²) in [6.45, 7) is 7.67. The predicted octanol–water partition coefficient (Wildman–Crippen LogP) is 4.77. The average molecular weight is 490 g/mol. The third kappa shape index (κ3) is 5.69. The molecule has 8 heteroatoms. The van der Waals surface area contributed by atoms with Crippen LogP contribution in [0.3, 0.4) is 0 Å². The number of rotatable bonds is 5. The Hall–Kier alpha value is -2.12. The third-order valence-electron chi connectivity index (χ3n) is 6.41. The summed E-state index contributed by atoms with van der Waals surface area (Å²) in [4.78, 5) is 29.8. The summed E-state index contributed by atoms with van der Waals surface area (Å²) in [6, 6.07) is 10.7. The van der Waals surface area contributed by atoms with Gasteiger partial charge in [0.25, 0.3) is 11.8 Å². The van der Waals surface area contributed by atoms with Gasteiger partial charge >= 0.3 is 0 Å². The van der Waals surface area contributed by atoms with Crippen LogP contribution in [0.2, 0.25) is 10.0 Å². The molecule has 2 amide bonds. The topological polar surface area (TPSA) is 61.9 Å². The van der Waals surface area contributed by atoms with Gasteiger partial charge < -0.3 is 15.0 Å². The minimum Gasteiger partial charge on any atom is -0.368 e. The number of anilines is 1. The fourth-order valence-electron chi connectivity index (χ4n) is 4.56. The Balaban J connectivity index is 1.43. The summed E-state index contributed by atoms with van der Waals surface area (Å²) in [5.74, 6) is -0.117. The zero-order chi connectivity index (χ0) is 23.5. The summed E-state index contributed by atoms with van der Waals surface area (Å²) in [5, 5.41) is 4.05. The number of nitrogens with one attached hydrogen (secondary N) is 1. The van der Waals surface area contributed by atoms with Crippen LogP contribution < -0.4 is 5.32 Å². The van der Waals surface area contributed by atoms with Gasteiger partial charge in [0.15, 0.2) is 0 Å². The molecule has 2 heterocycles. The molecule has 2 saturated heterocycles. The largest absolute Gasteiger partial charge is 0.368 e. The van der Waals surface area contributed by atoms with E-state index in [1.807, 2.05) is 17.9 Å². The molecule has 6 nitrogen and oxygen atoms in total. The molecule has 4 rings (SSSR count). The molecule has 0 saturated carbocycles. The molecule has 0 spiro atoms. The monoisotopic (exact) mass is 489 g/mol. The van der Waals surface area contributed by atoms with Gasteiger partial charge in [-0.05, 0) is 68.1 Å². The van der Waals surface area contributed by atoms with E-state index < -0.39 is 0 Å². The Morgan fingerprint density at radius 2 is 1.97 bits per heavy atom. The molecule has 2 atom stereocenters. The molecule has 2 fully saturated rings. The van der Waals surface area contributed by atoms with E-state index in [1.165, 1.54) is 0 Å². The van der Waals surface area contributed by atoms with Crippen LogP contribution in [0.1, 0.15) is 41.3 Å². The highest BCUT2D eigenvalue weighted by Gasteiger charge is 2.34. The highest BCUT2D eigenvalue weighted by molar-refractivity contribution is 6.31. The van der Waals surface area contributed by atoms with Crippen molar-refractivity contribution in [2.75, 3.05) is 31.6 Å². The molecular weight excluding hydrogens is 461 g/mol. The third-order valence-corrected chi connectivity index (χ3v) is 6.86. The molecule has 0 radical (unpaired) electrons. The van der Waals surface area contributed by atoms with Crippen molar-refractivity contribution in [2.24, 2.45) is 0 Å². The lowest BCUT2D eigenvalue weighted by molar-refractivity contribution is -0.145. The summed E-state index contributed by atoms with van der Waals surface area (Å²) in [7, 11) is 0. The Labute approximate surface area is 204 Å². The van der Waals surface area contributed by atoms with Gasteiger partial charge in [0.2, 0.25) is 0 Å². The SMILES string of the molecule is Cc1c(CN2CCN(C(=O)C3CCCO3)C(C)C2)cc(Cl)cc1NC(=O)c1cccc(Cl)c1. The van der Waals surface area contributed by atoms with E-state index >= 15 is 0 Å². The lowest BCUT2D eigenvalue weighted by atomic mass is 10.0. The van der Waals surface area contributed by atoms with Gasteiger partial charge in [0, 0.05) is 60.1 Å². The molecule has 0 aromatic heterocycles. The minimum absolute atomic E-state index is 0.108. The Bertz CT molecular complexity index is 1040. The van der Waals surface area contributed by atoms with Gasteiger partial charge in [0.1, 0.15) is 6.10 Å². The second-order valence-electron chi connectivity index (χ2n) is 8.82. The van der Waals surface area contributed by atoms with Gasteiger partial charge in [-0.3, -0.25) is 14.5 Å². The van der Waals surface area contributed by atoms with Crippen LogP contribution in [-0.4, -0.2) is 60.0 Å². The van der Waals surface area contributed by atoms with E-state index in [2.05, 4.69) is 17.1 Å². The molecule has 176 valence electrons. The van der Waals surface area contributed by atoms with Crippen molar-refractivity contribution in [1.29, 1.82) is 0 Å². The second-order valence-corrected chi connectivity index (χ2v) is 9.69. The first kappa shape index (κ1) is 24.0. The molecule has 1 N–H and O–H groups in total. The summed E-state index contributed by atoms with van der Waals surface area (Å²) in [5.41, 5.74) is 3.20. The van der Waals surface area contributed by atoms with Crippen LogP contribution in [0.25, 0.3) is 0 Å². The number of ether oxygens (including phenoxy) is 1. The maximum atomic E-state index is 12.8. The summed E-state index contributed by atoms with van der Waals surface area (Å²) < 4.78 is 5.59. The average Bonchev–Trinajstić information content (AvgIpc) is 3.31. The van der Waals surface area contributed by atoms with Crippen molar-refractivity contribution in [1.82, 2.24) is 9.80 Å². The number of benzene rings is 2. The smallest absolute Gasteiger partial charge is 0.255 e. The van der Waals surface area contributed by atoms with Gasteiger partial charge in [0.05, 0.1) is 0 Å². The number of amides is 2. The number of nitrogens with zero attached hydrogens (tertiary/aromatic N) is 2. The van der Waals surface area contributed by atoms with Crippen molar-refractivity contribution < 1.29 is 14.3 Å². The molecule has 33 heavy (non-hydrogen) atoms. The first-order valence-electron chi connectivity index (χ1n) is 11.3. The van der Waals surface area contributed by atoms with Gasteiger partial charge in [-0.2, -0.15) is 0 Å². The Morgan fingerprint density at radius 1 is 1.15 bits per heavy atom. The van der Waals surface area contributed by atoms with Crippen LogP contribution in [0.4, 0.5) is 5.69 Å². The maximum absolute atomic E-state index is 12.8. The number of carbonyl (C=O) groups excluding carboxylic acids is 2. The normalized spacial score (nSPS) is 21.3. The number of halogens is 2. The molecule has 2 unspecified atom stereocenters. The Kier molecular flexibility index (Phi) is 7.59. The highest BCUT2D eigenvalue weighted by atomic mass is 35.5. The zero-order valence-corrected chi connectivity index (χ0v) is 20.5. The lowest BCUT2D eigenvalue weighted by Gasteiger charge is -2.41. The van der Waals surface area contributed by atoms with E-state index in [4.69, 9.17) is 27.9 Å². The number of hydrogen-bond donors (Lipinski definition) is 1. The zero-order valence-electron chi connectivity index (χ0n) is 18.9. The molecule has 2 aromatic carbocycles. The predicted molar refractivity (Wildman–Crippen MR) is 131 cm³/mol. The van der Waals surface area contributed by atoms with Crippen molar-refractivity contribution in [3.05, 3.63) is 63.1 Å². The van der Waals surface area contributed by atoms with Crippen LogP contribution in [-0.2, 0) is 16.1 Å². The molecule has 0 aliphatic carbocycles. The lowest BCUT2D eigenvalue weighted by Crippen LogP contribution is -2.55. The summed E-state index contributed by atoms with van der Waals surface area (Å²) in [6.07, 6.45) is 1.49. The van der Waals surface area contributed by atoms with Crippen LogP contribution >= 0.6 is 23.2 Å². The number of piperazine rings is 1. The van der Waals surface area contributed by atoms with Crippen LogP contribution in [0, 0.1) is 6.92 Å². The van der Waals surface area contributed by atoms with Crippen LogP contribution in [0.15, 0.2) is 36.4 Å². The van der Waals surface area contributed by atoms with Crippen molar-refractivity contribution in [3.63, 3.8) is 0 Å². The quantitative estimate of drug-likeness (QED) is 0.657. The van der Waals surface area contributed by atoms with Crippen molar-refractivity contribution in [3.8, 4) is 0 Å². The second kappa shape index (κ2) is 10.4. The van der Waals surface area contributed by atoms with Gasteiger partial charge in [-0.15, -0.1) is 0 Å². The van der Waals surface area contributed by atoms with E-state index in [-0.39, 0.29) is 24.0 Å². The highest BCUT2D eigenvalue weighted by Crippen LogP contribution is 2.28. The fraction of sp³-hybridized carbons (Fsp3) is 0.440. The first-order chi connectivity index (χ1) is 15.8. The standard InChI is InChI=1S/C25H29Cl2N3O3/c1-16-14-29(8-9-30(16)25(32)23-7-4-10-33-23)15-19-12-21(27)13-22(17(19)2)28-24(31)18-5-3-6-20(26)11-18/h3,5-6,11-13,16,23H,4,7-10,14-15H2,1-2H3,(H,28,31). The van der Waals surface area contributed by atoms with Gasteiger partial charge in [-0.25, -0.2) is 0 Å².